The summed E-state index contributed by atoms with van der Waals surface area (Å²) in [6, 6.07) is 21.9. The Morgan fingerprint density at radius 2 is 1.50 bits per heavy atom. The van der Waals surface area contributed by atoms with Gasteiger partial charge in [-0.3, -0.25) is 4.79 Å². The van der Waals surface area contributed by atoms with E-state index in [2.05, 4.69) is 84.7 Å². The molecule has 1 aliphatic heterocycles. The minimum Gasteiger partial charge on any atom is -0.346 e. The molecule has 0 aromatic heterocycles. The molecule has 4 nitrogen and oxygen atoms in total. The van der Waals surface area contributed by atoms with Crippen molar-refractivity contribution in [1.29, 1.82) is 0 Å². The highest BCUT2D eigenvalue weighted by atomic mass is 16.2. The van der Waals surface area contributed by atoms with Crippen molar-refractivity contribution in [3.05, 3.63) is 71.8 Å². The van der Waals surface area contributed by atoms with Gasteiger partial charge in [0, 0.05) is 17.0 Å². The Kier molecular flexibility index (Phi) is 7.63. The van der Waals surface area contributed by atoms with E-state index in [1.54, 1.807) is 4.90 Å². The molecule has 0 radical (unpaired) electrons. The van der Waals surface area contributed by atoms with E-state index in [4.69, 9.17) is 0 Å². The van der Waals surface area contributed by atoms with Gasteiger partial charge in [0.25, 0.3) is 0 Å². The van der Waals surface area contributed by atoms with E-state index in [9.17, 15) is 4.79 Å². The first kappa shape index (κ1) is 20.6. The number of rotatable bonds is 8. The van der Waals surface area contributed by atoms with Crippen LogP contribution in [0.25, 0.3) is 0 Å². The number of carbonyl (C=O) groups is 1. The van der Waals surface area contributed by atoms with Gasteiger partial charge in [0.1, 0.15) is 6.04 Å². The molecule has 0 aliphatic carbocycles. The molecule has 3 rings (SSSR count). The number of carbonyl (C=O) groups excluding carboxylic acids is 1. The predicted molar refractivity (Wildman–Crippen MR) is 113 cm³/mol. The van der Waals surface area contributed by atoms with Crippen LogP contribution < -0.4 is 10.2 Å². The van der Waals surface area contributed by atoms with Crippen LogP contribution in [0.5, 0.6) is 0 Å². The number of piperazine rings is 1. The lowest BCUT2D eigenvalue weighted by atomic mass is 9.96. The quantitative estimate of drug-likeness (QED) is 0.661. The molecule has 150 valence electrons. The summed E-state index contributed by atoms with van der Waals surface area (Å²) in [5, 5.41) is 2.27. The second-order valence-corrected chi connectivity index (χ2v) is 8.25. The molecule has 0 bridgehead atoms. The Morgan fingerprint density at radius 1 is 0.964 bits per heavy atom. The molecule has 1 heterocycles. The maximum absolute atomic E-state index is 12.6. The zero-order valence-electron chi connectivity index (χ0n) is 17.3. The third-order valence-electron chi connectivity index (χ3n) is 5.63. The summed E-state index contributed by atoms with van der Waals surface area (Å²) in [6.07, 6.45) is 0.656. The van der Waals surface area contributed by atoms with Gasteiger partial charge < -0.3 is 15.1 Å². The minimum absolute atomic E-state index is 0.315. The Labute approximate surface area is 169 Å². The Hall–Kier alpha value is -2.17. The molecule has 1 fully saturated rings. The molecular formula is C24H35N3O+2. The molecule has 3 N–H and O–H groups in total. The lowest BCUT2D eigenvalue weighted by Crippen LogP contribution is -3.15. The van der Waals surface area contributed by atoms with Crippen molar-refractivity contribution >= 4 is 5.91 Å². The van der Waals surface area contributed by atoms with Crippen molar-refractivity contribution in [2.24, 2.45) is 5.92 Å². The third-order valence-corrected chi connectivity index (χ3v) is 5.63. The largest absolute Gasteiger partial charge is 0.346 e. The number of amides is 1. The van der Waals surface area contributed by atoms with E-state index < -0.39 is 0 Å². The second kappa shape index (κ2) is 10.4. The summed E-state index contributed by atoms with van der Waals surface area (Å²) in [7, 11) is 0. The average Bonchev–Trinajstić information content (AvgIpc) is 2.73. The van der Waals surface area contributed by atoms with Crippen molar-refractivity contribution in [2.75, 3.05) is 39.3 Å². The molecule has 2 aromatic carbocycles. The highest BCUT2D eigenvalue weighted by Gasteiger charge is 2.31. The molecule has 1 aliphatic rings. The predicted octanol–water partition coefficient (Wildman–Crippen LogP) is 1.11. The lowest BCUT2D eigenvalue weighted by Gasteiger charge is -2.37. The standard InChI is InChI=1S/C24H33N3O/c1-20(2)19-25-14-13-23(28)26-15-17-27(18-16-26)24(21-9-5-3-6-10-21)22-11-7-4-8-12-22/h3-12,20,24-25H,13-19H2,1-2H3/p+2. The van der Waals surface area contributed by atoms with Gasteiger partial charge in [0.2, 0.25) is 5.91 Å². The summed E-state index contributed by atoms with van der Waals surface area (Å²) < 4.78 is 0. The van der Waals surface area contributed by atoms with Crippen LogP contribution in [0.2, 0.25) is 0 Å². The monoisotopic (exact) mass is 381 g/mol. The van der Waals surface area contributed by atoms with Crippen molar-refractivity contribution in [2.45, 2.75) is 26.3 Å². The normalized spacial score (nSPS) is 15.4. The van der Waals surface area contributed by atoms with Crippen LogP contribution in [0.1, 0.15) is 37.4 Å². The van der Waals surface area contributed by atoms with Crippen molar-refractivity contribution in [3.8, 4) is 0 Å². The molecule has 4 heteroatoms. The van der Waals surface area contributed by atoms with Crippen LogP contribution in [0.3, 0.4) is 0 Å². The third kappa shape index (κ3) is 5.66. The molecule has 2 aromatic rings. The van der Waals surface area contributed by atoms with E-state index in [1.807, 2.05) is 0 Å². The smallest absolute Gasteiger partial charge is 0.228 e. The zero-order chi connectivity index (χ0) is 19.8. The molecule has 0 saturated carbocycles. The van der Waals surface area contributed by atoms with Crippen LogP contribution in [0.15, 0.2) is 60.7 Å². The lowest BCUT2D eigenvalue weighted by molar-refractivity contribution is -0.929. The van der Waals surface area contributed by atoms with Gasteiger partial charge in [0.05, 0.1) is 45.7 Å². The number of benzene rings is 2. The Balaban J connectivity index is 1.59. The van der Waals surface area contributed by atoms with E-state index in [0.29, 0.717) is 24.3 Å². The first-order valence-electron chi connectivity index (χ1n) is 10.7. The van der Waals surface area contributed by atoms with Crippen molar-refractivity contribution < 1.29 is 15.0 Å². The topological polar surface area (TPSA) is 41.4 Å². The highest BCUT2D eigenvalue weighted by Crippen LogP contribution is 2.19. The van der Waals surface area contributed by atoms with Gasteiger partial charge in [-0.1, -0.05) is 74.5 Å². The van der Waals surface area contributed by atoms with E-state index in [0.717, 1.165) is 39.3 Å². The summed E-state index contributed by atoms with van der Waals surface area (Å²) in [6.45, 7) is 10.1. The maximum atomic E-state index is 12.6. The fourth-order valence-electron chi connectivity index (χ4n) is 4.12. The van der Waals surface area contributed by atoms with Crippen LogP contribution in [0.4, 0.5) is 0 Å². The van der Waals surface area contributed by atoms with Crippen molar-refractivity contribution in [3.63, 3.8) is 0 Å². The van der Waals surface area contributed by atoms with Crippen LogP contribution in [0, 0.1) is 5.92 Å². The molecule has 0 unspecified atom stereocenters. The van der Waals surface area contributed by atoms with Crippen molar-refractivity contribution in [1.82, 2.24) is 4.90 Å². The molecule has 0 atom stereocenters. The zero-order valence-corrected chi connectivity index (χ0v) is 17.3. The highest BCUT2D eigenvalue weighted by molar-refractivity contribution is 5.76. The fourth-order valence-corrected chi connectivity index (χ4v) is 4.12. The number of nitrogens with zero attached hydrogens (tertiary/aromatic N) is 1. The first-order chi connectivity index (χ1) is 13.6. The van der Waals surface area contributed by atoms with Crippen LogP contribution in [-0.4, -0.2) is 50.1 Å². The second-order valence-electron chi connectivity index (χ2n) is 8.25. The number of nitrogens with one attached hydrogen (secondary N) is 1. The van der Waals surface area contributed by atoms with E-state index in [-0.39, 0.29) is 0 Å². The molecule has 1 amide bonds. The van der Waals surface area contributed by atoms with Gasteiger partial charge in [-0.2, -0.15) is 0 Å². The first-order valence-corrected chi connectivity index (χ1v) is 10.7. The Morgan fingerprint density at radius 3 is 2.00 bits per heavy atom. The van der Waals surface area contributed by atoms with Gasteiger partial charge in [0.15, 0.2) is 0 Å². The summed E-state index contributed by atoms with van der Waals surface area (Å²) >= 11 is 0. The summed E-state index contributed by atoms with van der Waals surface area (Å²) in [5.74, 6) is 0.991. The minimum atomic E-state index is 0.315. The van der Waals surface area contributed by atoms with E-state index in [1.165, 1.54) is 11.1 Å². The van der Waals surface area contributed by atoms with Gasteiger partial charge in [-0.05, 0) is 0 Å². The molecular weight excluding hydrogens is 346 g/mol. The van der Waals surface area contributed by atoms with Crippen LogP contribution in [-0.2, 0) is 4.79 Å². The average molecular weight is 382 g/mol. The van der Waals surface area contributed by atoms with Gasteiger partial charge >= 0.3 is 0 Å². The van der Waals surface area contributed by atoms with Gasteiger partial charge in [-0.25, -0.2) is 0 Å². The fraction of sp³-hybridized carbons (Fsp3) is 0.458. The van der Waals surface area contributed by atoms with E-state index >= 15 is 0 Å². The SMILES string of the molecule is CC(C)C[NH2+]CCC(=O)N1CC[NH+](C(c2ccccc2)c2ccccc2)CC1. The maximum Gasteiger partial charge on any atom is 0.228 e. The molecule has 0 spiro atoms. The number of hydrogen-bond donors (Lipinski definition) is 2. The van der Waals surface area contributed by atoms with Gasteiger partial charge in [-0.15, -0.1) is 0 Å². The molecule has 1 saturated heterocycles. The summed E-state index contributed by atoms with van der Waals surface area (Å²) in [4.78, 5) is 16.2. The molecule has 28 heavy (non-hydrogen) atoms. The Bertz CT molecular complexity index is 670. The number of quaternary nitrogens is 2. The number of nitrogens with two attached hydrogens (primary N) is 1. The van der Waals surface area contributed by atoms with Crippen LogP contribution >= 0.6 is 0 Å². The number of hydrogen-bond acceptors (Lipinski definition) is 1. The summed E-state index contributed by atoms with van der Waals surface area (Å²) in [5.41, 5.74) is 2.71.